The summed E-state index contributed by atoms with van der Waals surface area (Å²) >= 11 is 0. The van der Waals surface area contributed by atoms with E-state index < -0.39 is 0 Å². The highest BCUT2D eigenvalue weighted by molar-refractivity contribution is 5.98. The number of aromatic nitrogens is 4. The molecule has 138 valence electrons. The van der Waals surface area contributed by atoms with E-state index in [1.165, 1.54) is 5.56 Å². The molecule has 3 rings (SSSR count). The van der Waals surface area contributed by atoms with Crippen molar-refractivity contribution < 1.29 is 0 Å². The van der Waals surface area contributed by atoms with Crippen molar-refractivity contribution in [1.82, 2.24) is 24.6 Å². The smallest absolute Gasteiger partial charge is 0.225 e. The highest BCUT2D eigenvalue weighted by Gasteiger charge is 2.17. The Hall–Kier alpha value is -2.67. The summed E-state index contributed by atoms with van der Waals surface area (Å²) in [5, 5.41) is 8.52. The van der Waals surface area contributed by atoms with Crippen molar-refractivity contribution in [1.29, 1.82) is 0 Å². The molecule has 0 unspecified atom stereocenters. The molecule has 0 amide bonds. The summed E-state index contributed by atoms with van der Waals surface area (Å²) in [6.07, 6.45) is 0. The first-order valence-electron chi connectivity index (χ1n) is 8.86. The molecule has 26 heavy (non-hydrogen) atoms. The minimum absolute atomic E-state index is 0.487. The van der Waals surface area contributed by atoms with Crippen LogP contribution in [0.2, 0.25) is 0 Å². The van der Waals surface area contributed by atoms with Gasteiger partial charge >= 0.3 is 0 Å². The molecular formula is C19H27N7. The van der Waals surface area contributed by atoms with E-state index in [1.54, 1.807) is 4.68 Å². The van der Waals surface area contributed by atoms with Gasteiger partial charge in [0.15, 0.2) is 5.65 Å². The van der Waals surface area contributed by atoms with Gasteiger partial charge in [-0.2, -0.15) is 10.1 Å². The second-order valence-electron chi connectivity index (χ2n) is 7.11. The fourth-order valence-corrected chi connectivity index (χ4v) is 2.82. The van der Waals surface area contributed by atoms with E-state index in [9.17, 15) is 0 Å². The van der Waals surface area contributed by atoms with Crippen LogP contribution >= 0.6 is 0 Å². The lowest BCUT2D eigenvalue weighted by molar-refractivity contribution is 0.425. The number of fused-ring (bicyclic) bond motifs is 1. The molecule has 3 N–H and O–H groups in total. The average Bonchev–Trinajstić information content (AvgIpc) is 2.88. The Morgan fingerprint density at radius 1 is 1.15 bits per heavy atom. The maximum absolute atomic E-state index is 6.24. The summed E-state index contributed by atoms with van der Waals surface area (Å²) in [6.45, 7) is 6.02. The van der Waals surface area contributed by atoms with Crippen molar-refractivity contribution in [3.63, 3.8) is 0 Å². The number of hydrogen-bond donors (Lipinski definition) is 2. The number of likely N-dealkylation sites (N-methyl/N-ethyl adjacent to an activating group) is 1. The van der Waals surface area contributed by atoms with Gasteiger partial charge in [0.05, 0.1) is 11.1 Å². The van der Waals surface area contributed by atoms with E-state index in [1.807, 2.05) is 21.1 Å². The number of rotatable bonds is 6. The third-order valence-electron chi connectivity index (χ3n) is 4.43. The summed E-state index contributed by atoms with van der Waals surface area (Å²) < 4.78 is 1.65. The van der Waals surface area contributed by atoms with Crippen LogP contribution in [0.25, 0.3) is 22.3 Å². The van der Waals surface area contributed by atoms with Crippen LogP contribution in [0.4, 0.5) is 11.8 Å². The fraction of sp³-hybridized carbons (Fsp3) is 0.421. The predicted molar refractivity (Wildman–Crippen MR) is 107 cm³/mol. The zero-order valence-corrected chi connectivity index (χ0v) is 16.1. The molecule has 0 saturated heterocycles. The lowest BCUT2D eigenvalue weighted by Crippen LogP contribution is -2.21. The first kappa shape index (κ1) is 18.1. The molecule has 0 saturated carbocycles. The molecule has 0 bridgehead atoms. The zero-order chi connectivity index (χ0) is 18.8. The minimum Gasteiger partial charge on any atom is -0.383 e. The normalized spacial score (nSPS) is 11.7. The highest BCUT2D eigenvalue weighted by atomic mass is 15.3. The summed E-state index contributed by atoms with van der Waals surface area (Å²) in [4.78, 5) is 11.4. The van der Waals surface area contributed by atoms with Crippen LogP contribution in [0.15, 0.2) is 24.3 Å². The third-order valence-corrected chi connectivity index (χ3v) is 4.43. The lowest BCUT2D eigenvalue weighted by atomic mass is 10.00. The molecule has 0 aliphatic carbocycles. The van der Waals surface area contributed by atoms with E-state index >= 15 is 0 Å². The number of benzene rings is 1. The number of hydrogen-bond acceptors (Lipinski definition) is 6. The van der Waals surface area contributed by atoms with Crippen molar-refractivity contribution in [2.24, 2.45) is 7.05 Å². The Balaban J connectivity index is 2.06. The molecule has 7 heteroatoms. The topological polar surface area (TPSA) is 84.9 Å². The van der Waals surface area contributed by atoms with Crippen LogP contribution in [0.5, 0.6) is 0 Å². The van der Waals surface area contributed by atoms with Gasteiger partial charge in [0.1, 0.15) is 5.82 Å². The van der Waals surface area contributed by atoms with Crippen molar-refractivity contribution in [2.75, 3.05) is 38.2 Å². The van der Waals surface area contributed by atoms with Crippen LogP contribution in [0, 0.1) is 0 Å². The van der Waals surface area contributed by atoms with Gasteiger partial charge in [0.25, 0.3) is 0 Å². The molecule has 0 radical (unpaired) electrons. The van der Waals surface area contributed by atoms with E-state index in [2.05, 4.69) is 58.4 Å². The average molecular weight is 353 g/mol. The molecule has 0 aliphatic heterocycles. The van der Waals surface area contributed by atoms with Gasteiger partial charge in [-0.15, -0.1) is 0 Å². The van der Waals surface area contributed by atoms with Crippen LogP contribution < -0.4 is 11.1 Å². The number of anilines is 2. The fourth-order valence-electron chi connectivity index (χ4n) is 2.82. The Morgan fingerprint density at radius 3 is 2.46 bits per heavy atom. The maximum Gasteiger partial charge on any atom is 0.225 e. The van der Waals surface area contributed by atoms with Crippen molar-refractivity contribution in [3.05, 3.63) is 29.8 Å². The molecule has 7 nitrogen and oxygen atoms in total. The summed E-state index contributed by atoms with van der Waals surface area (Å²) in [7, 11) is 5.89. The molecular weight excluding hydrogens is 326 g/mol. The van der Waals surface area contributed by atoms with Crippen LogP contribution in [0.3, 0.4) is 0 Å². The van der Waals surface area contributed by atoms with Gasteiger partial charge in [-0.3, -0.25) is 4.68 Å². The van der Waals surface area contributed by atoms with Crippen LogP contribution in [-0.4, -0.2) is 51.8 Å². The molecule has 2 aromatic heterocycles. The summed E-state index contributed by atoms with van der Waals surface area (Å²) in [5.41, 5.74) is 9.96. The number of aryl methyl sites for hydroxylation is 1. The molecule has 0 fully saturated rings. The largest absolute Gasteiger partial charge is 0.383 e. The second-order valence-corrected chi connectivity index (χ2v) is 7.11. The number of nitrogen functional groups attached to an aromatic ring is 1. The van der Waals surface area contributed by atoms with Gasteiger partial charge in [-0.25, -0.2) is 4.98 Å². The standard InChI is InChI=1S/C19H27N7/c1-12(2)13-6-8-14(9-7-13)16-15-17(20)26(5)24-18(15)23-19(22-16)21-10-11-25(3)4/h6-9,12H,10-11,20H2,1-5H3,(H,21,23,24). The van der Waals surface area contributed by atoms with Crippen molar-refractivity contribution in [2.45, 2.75) is 19.8 Å². The third kappa shape index (κ3) is 3.62. The van der Waals surface area contributed by atoms with Gasteiger partial charge in [-0.05, 0) is 25.6 Å². The SMILES string of the molecule is CC(C)c1ccc(-c2nc(NCCN(C)C)nc3nn(C)c(N)c23)cc1. The Labute approximate surface area is 154 Å². The van der Waals surface area contributed by atoms with Gasteiger partial charge in [0, 0.05) is 25.7 Å². The Bertz CT molecular complexity index is 894. The van der Waals surface area contributed by atoms with Crippen molar-refractivity contribution in [3.8, 4) is 11.3 Å². The molecule has 2 heterocycles. The van der Waals surface area contributed by atoms with Crippen molar-refractivity contribution >= 4 is 22.8 Å². The van der Waals surface area contributed by atoms with Gasteiger partial charge in [-0.1, -0.05) is 38.1 Å². The number of nitrogens with zero attached hydrogens (tertiary/aromatic N) is 5. The minimum atomic E-state index is 0.487. The molecule has 3 aromatic rings. The molecule has 1 aromatic carbocycles. The predicted octanol–water partition coefficient (Wildman–Crippen LogP) is 2.71. The van der Waals surface area contributed by atoms with E-state index in [4.69, 9.17) is 10.7 Å². The first-order valence-corrected chi connectivity index (χ1v) is 8.86. The monoisotopic (exact) mass is 353 g/mol. The molecule has 0 spiro atoms. The van der Waals surface area contributed by atoms with E-state index in [0.717, 1.165) is 29.7 Å². The number of nitrogens with two attached hydrogens (primary N) is 1. The van der Waals surface area contributed by atoms with Crippen LogP contribution in [-0.2, 0) is 7.05 Å². The second kappa shape index (κ2) is 7.29. The van der Waals surface area contributed by atoms with E-state index in [-0.39, 0.29) is 0 Å². The lowest BCUT2D eigenvalue weighted by Gasteiger charge is -2.12. The van der Waals surface area contributed by atoms with Gasteiger partial charge in [0.2, 0.25) is 5.95 Å². The first-order chi connectivity index (χ1) is 12.4. The number of nitrogens with one attached hydrogen (secondary N) is 1. The quantitative estimate of drug-likeness (QED) is 0.709. The van der Waals surface area contributed by atoms with E-state index in [0.29, 0.717) is 23.3 Å². The Kier molecular flexibility index (Phi) is 5.08. The Morgan fingerprint density at radius 2 is 1.85 bits per heavy atom. The maximum atomic E-state index is 6.24. The zero-order valence-electron chi connectivity index (χ0n) is 16.1. The van der Waals surface area contributed by atoms with Crippen LogP contribution in [0.1, 0.15) is 25.3 Å². The highest BCUT2D eigenvalue weighted by Crippen LogP contribution is 2.31. The summed E-state index contributed by atoms with van der Waals surface area (Å²) in [6, 6.07) is 8.46. The molecule has 0 atom stereocenters. The van der Waals surface area contributed by atoms with Gasteiger partial charge < -0.3 is 16.0 Å². The summed E-state index contributed by atoms with van der Waals surface area (Å²) in [5.74, 6) is 1.63. The molecule has 0 aliphatic rings.